The second kappa shape index (κ2) is 8.07. The summed E-state index contributed by atoms with van der Waals surface area (Å²) in [5, 5.41) is 14.3. The molecule has 1 fully saturated rings. The van der Waals surface area contributed by atoms with E-state index in [0.29, 0.717) is 18.1 Å². The fraction of sp³-hybridized carbons (Fsp3) is 0.400. The predicted molar refractivity (Wildman–Crippen MR) is 123 cm³/mol. The molecular formula is C25H26F2N6O. The van der Waals surface area contributed by atoms with Gasteiger partial charge in [0.05, 0.1) is 34.3 Å². The molecule has 2 aliphatic rings. The molecule has 0 radical (unpaired) electrons. The van der Waals surface area contributed by atoms with Crippen LogP contribution in [0, 0.1) is 17.0 Å². The second-order valence-corrected chi connectivity index (χ2v) is 9.52. The van der Waals surface area contributed by atoms with E-state index >= 15 is 0 Å². The molecule has 0 spiro atoms. The van der Waals surface area contributed by atoms with Crippen LogP contribution in [0.3, 0.4) is 0 Å². The molecule has 2 heterocycles. The van der Waals surface area contributed by atoms with Crippen molar-refractivity contribution in [3.8, 4) is 11.3 Å². The van der Waals surface area contributed by atoms with Gasteiger partial charge in [-0.25, -0.2) is 18.6 Å². The minimum Gasteiger partial charge on any atom is -0.338 e. The summed E-state index contributed by atoms with van der Waals surface area (Å²) in [5.74, 6) is -0.862. The van der Waals surface area contributed by atoms with E-state index < -0.39 is 17.0 Å². The third-order valence-electron chi connectivity index (χ3n) is 7.45. The highest BCUT2D eigenvalue weighted by Crippen LogP contribution is 2.69. The number of anilines is 1. The van der Waals surface area contributed by atoms with E-state index in [2.05, 4.69) is 39.7 Å². The average Bonchev–Trinajstić information content (AvgIpc) is 3.19. The number of rotatable bonds is 5. The summed E-state index contributed by atoms with van der Waals surface area (Å²) in [6.45, 7) is 6.85. The molecule has 1 aromatic carbocycles. The molecule has 2 aromatic heterocycles. The Morgan fingerprint density at radius 2 is 1.94 bits per heavy atom. The highest BCUT2D eigenvalue weighted by molar-refractivity contribution is 5.88. The van der Waals surface area contributed by atoms with E-state index in [9.17, 15) is 13.6 Å². The lowest BCUT2D eigenvalue weighted by molar-refractivity contribution is 0.242. The smallest absolute Gasteiger partial charge is 0.320 e. The van der Waals surface area contributed by atoms with Crippen LogP contribution >= 0.6 is 0 Å². The van der Waals surface area contributed by atoms with Crippen LogP contribution in [0.1, 0.15) is 62.9 Å². The highest BCUT2D eigenvalue weighted by Gasteiger charge is 2.65. The molecule has 0 aliphatic heterocycles. The van der Waals surface area contributed by atoms with Crippen LogP contribution in [0.25, 0.3) is 11.3 Å². The first kappa shape index (κ1) is 22.3. The number of carbonyl (C=O) groups excluding carboxylic acids is 1. The van der Waals surface area contributed by atoms with Gasteiger partial charge in [0.25, 0.3) is 0 Å². The highest BCUT2D eigenvalue weighted by atomic mass is 19.1. The Morgan fingerprint density at radius 1 is 1.18 bits per heavy atom. The third-order valence-corrected chi connectivity index (χ3v) is 7.45. The van der Waals surface area contributed by atoms with Gasteiger partial charge in [-0.3, -0.25) is 10.3 Å². The average molecular weight is 465 g/mol. The maximum Gasteiger partial charge on any atom is 0.320 e. The van der Waals surface area contributed by atoms with Crippen LogP contribution in [0.5, 0.6) is 0 Å². The molecule has 2 N–H and O–H groups in total. The molecule has 34 heavy (non-hydrogen) atoms. The first-order valence-corrected chi connectivity index (χ1v) is 11.5. The number of amides is 2. The van der Waals surface area contributed by atoms with Crippen LogP contribution in [-0.4, -0.2) is 32.7 Å². The maximum atomic E-state index is 14.4. The van der Waals surface area contributed by atoms with Crippen molar-refractivity contribution < 1.29 is 13.6 Å². The Balaban J connectivity index is 1.58. The van der Waals surface area contributed by atoms with Gasteiger partial charge in [-0.15, -0.1) is 5.10 Å². The van der Waals surface area contributed by atoms with Crippen molar-refractivity contribution in [2.45, 2.75) is 51.4 Å². The number of fused-ring (bicyclic) bond motifs is 5. The summed E-state index contributed by atoms with van der Waals surface area (Å²) in [6.07, 6.45) is 5.71. The Kier molecular flexibility index (Phi) is 5.30. The Morgan fingerprint density at radius 3 is 2.68 bits per heavy atom. The van der Waals surface area contributed by atoms with Gasteiger partial charge in [-0.1, -0.05) is 26.8 Å². The molecule has 0 saturated heterocycles. The molecule has 9 heteroatoms. The van der Waals surface area contributed by atoms with Gasteiger partial charge in [0.15, 0.2) is 5.82 Å². The fourth-order valence-electron chi connectivity index (χ4n) is 5.79. The lowest BCUT2D eigenvalue weighted by Crippen LogP contribution is -2.38. The number of hydrogen-bond donors (Lipinski definition) is 2. The fourth-order valence-corrected chi connectivity index (χ4v) is 5.79. The van der Waals surface area contributed by atoms with Crippen LogP contribution < -0.4 is 10.6 Å². The number of nitrogens with one attached hydrogen (secondary N) is 2. The number of hydrogen-bond acceptors (Lipinski definition) is 5. The van der Waals surface area contributed by atoms with Crippen LogP contribution in [-0.2, 0) is 5.41 Å². The van der Waals surface area contributed by atoms with E-state index in [1.807, 2.05) is 6.92 Å². The molecule has 2 aliphatic carbocycles. The number of nitrogens with zero attached hydrogens (tertiary/aromatic N) is 4. The van der Waals surface area contributed by atoms with Gasteiger partial charge >= 0.3 is 6.03 Å². The zero-order valence-electron chi connectivity index (χ0n) is 19.3. The summed E-state index contributed by atoms with van der Waals surface area (Å²) in [4.78, 5) is 21.2. The van der Waals surface area contributed by atoms with E-state index in [1.165, 1.54) is 24.4 Å². The van der Waals surface area contributed by atoms with Crippen LogP contribution in [0.15, 0.2) is 36.7 Å². The zero-order chi connectivity index (χ0) is 24.1. The summed E-state index contributed by atoms with van der Waals surface area (Å²) in [5.41, 5.74) is 1.55. The number of benzene rings is 1. The Labute approximate surface area is 196 Å². The maximum absolute atomic E-state index is 14.4. The van der Waals surface area contributed by atoms with Crippen LogP contribution in [0.2, 0.25) is 0 Å². The largest absolute Gasteiger partial charge is 0.338 e. The van der Waals surface area contributed by atoms with Gasteiger partial charge in [0, 0.05) is 12.7 Å². The van der Waals surface area contributed by atoms with Crippen molar-refractivity contribution in [3.63, 3.8) is 0 Å². The number of carbonyl (C=O) groups is 1. The molecule has 3 aromatic rings. The lowest BCUT2D eigenvalue weighted by Gasteiger charge is -2.37. The standard InChI is InChI=1S/C25H26F2N6O/c1-4-10-29-23(34)31-20-13-28-12-19(30-20)25-9-8-15(24(25,2)3)14-11-18(32-33-22(14)25)21-16(26)6-5-7-17(21)27/h5-7,11-13,15H,4,8-10H2,1-3H3,(H2,29,30,31,34)/t15-,25-/m0/s1. The van der Waals surface area contributed by atoms with Crippen molar-refractivity contribution >= 4 is 11.8 Å². The molecular weight excluding hydrogens is 438 g/mol. The molecule has 1 saturated carbocycles. The normalized spacial score (nSPS) is 21.9. The van der Waals surface area contributed by atoms with Crippen LogP contribution in [0.4, 0.5) is 19.4 Å². The number of urea groups is 1. The zero-order valence-corrected chi connectivity index (χ0v) is 19.3. The molecule has 0 unspecified atom stereocenters. The van der Waals surface area contributed by atoms with Crippen molar-refractivity contribution in [3.05, 3.63) is 65.2 Å². The SMILES string of the molecule is CCCNC(=O)Nc1cncc([C@@]23CC[C@@H](c4cc(-c5c(F)cccc5F)nnc42)C3(C)C)n1. The van der Waals surface area contributed by atoms with Crippen molar-refractivity contribution in [1.29, 1.82) is 0 Å². The van der Waals surface area contributed by atoms with E-state index in [1.54, 1.807) is 12.3 Å². The first-order chi connectivity index (χ1) is 16.3. The lowest BCUT2D eigenvalue weighted by atomic mass is 9.66. The quantitative estimate of drug-likeness (QED) is 0.558. The summed E-state index contributed by atoms with van der Waals surface area (Å²) < 4.78 is 28.9. The molecule has 5 rings (SSSR count). The van der Waals surface area contributed by atoms with Gasteiger partial charge in [0.1, 0.15) is 11.6 Å². The van der Waals surface area contributed by atoms with Crippen molar-refractivity contribution in [1.82, 2.24) is 25.5 Å². The Hall–Kier alpha value is -3.49. The first-order valence-electron chi connectivity index (χ1n) is 11.5. The van der Waals surface area contributed by atoms with Gasteiger partial charge < -0.3 is 5.32 Å². The van der Waals surface area contributed by atoms with Crippen molar-refractivity contribution in [2.24, 2.45) is 5.41 Å². The molecule has 2 atom stereocenters. The number of aromatic nitrogens is 4. The summed E-state index contributed by atoms with van der Waals surface area (Å²) in [6, 6.07) is 5.20. The monoisotopic (exact) mass is 464 g/mol. The minimum absolute atomic E-state index is 0.123. The predicted octanol–water partition coefficient (Wildman–Crippen LogP) is 4.95. The van der Waals surface area contributed by atoms with Gasteiger partial charge in [-0.05, 0) is 54.4 Å². The summed E-state index contributed by atoms with van der Waals surface area (Å²) >= 11 is 0. The molecule has 7 nitrogen and oxygen atoms in total. The van der Waals surface area contributed by atoms with E-state index in [-0.39, 0.29) is 28.6 Å². The third kappa shape index (κ3) is 3.17. The van der Waals surface area contributed by atoms with Gasteiger partial charge in [-0.2, -0.15) is 5.10 Å². The second-order valence-electron chi connectivity index (χ2n) is 9.52. The van der Waals surface area contributed by atoms with E-state index in [4.69, 9.17) is 4.98 Å². The molecule has 2 amide bonds. The topological polar surface area (TPSA) is 92.7 Å². The number of halogens is 2. The van der Waals surface area contributed by atoms with E-state index in [0.717, 1.165) is 30.5 Å². The molecule has 2 bridgehead atoms. The molecule has 176 valence electrons. The minimum atomic E-state index is -0.669. The summed E-state index contributed by atoms with van der Waals surface area (Å²) in [7, 11) is 0. The Bertz CT molecular complexity index is 1260. The van der Waals surface area contributed by atoms with Gasteiger partial charge in [0.2, 0.25) is 0 Å². The van der Waals surface area contributed by atoms with Crippen molar-refractivity contribution in [2.75, 3.05) is 11.9 Å².